The third-order valence-corrected chi connectivity index (χ3v) is 2.72. The zero-order valence-electron chi connectivity index (χ0n) is 8.46. The van der Waals surface area contributed by atoms with Gasteiger partial charge in [-0.2, -0.15) is 0 Å². The van der Waals surface area contributed by atoms with Gasteiger partial charge < -0.3 is 10.2 Å². The second-order valence-electron chi connectivity index (χ2n) is 3.58. The first-order valence-electron chi connectivity index (χ1n) is 4.74. The first kappa shape index (κ1) is 10.3. The van der Waals surface area contributed by atoms with Crippen LogP contribution in [0.25, 0.3) is 0 Å². The minimum absolute atomic E-state index is 0.735. The van der Waals surface area contributed by atoms with Crippen molar-refractivity contribution < 1.29 is 4.42 Å². The van der Waals surface area contributed by atoms with E-state index < -0.39 is 0 Å². The van der Waals surface area contributed by atoms with Crippen LogP contribution in [0.15, 0.2) is 39.4 Å². The highest BCUT2D eigenvalue weighted by molar-refractivity contribution is 9.10. The fraction of sp³-hybridized carbons (Fsp3) is 0.167. The summed E-state index contributed by atoms with van der Waals surface area (Å²) in [5, 5.41) is 0. The molecule has 0 amide bonds. The molecule has 2 nitrogen and oxygen atoms in total. The molecular formula is C12H12BrNO. The molecule has 1 aromatic heterocycles. The molecule has 1 aromatic carbocycles. The lowest BCUT2D eigenvalue weighted by Crippen LogP contribution is -1.95. The Morgan fingerprint density at radius 3 is 2.73 bits per heavy atom. The Morgan fingerprint density at radius 2 is 2.07 bits per heavy atom. The standard InChI is InChI=1S/C12H12BrNO/c1-8-2-4-11(14)9(6-8)7-10-3-5-12(13)15-10/h2-6H,7,14H2,1H3. The van der Waals surface area contributed by atoms with Gasteiger partial charge in [0.2, 0.25) is 0 Å². The quantitative estimate of drug-likeness (QED) is 0.844. The van der Waals surface area contributed by atoms with Gasteiger partial charge in [0.15, 0.2) is 4.67 Å². The SMILES string of the molecule is Cc1ccc(N)c(Cc2ccc(Br)o2)c1. The van der Waals surface area contributed by atoms with Gasteiger partial charge in [-0.3, -0.25) is 0 Å². The van der Waals surface area contributed by atoms with Gasteiger partial charge in [-0.15, -0.1) is 0 Å². The van der Waals surface area contributed by atoms with Gasteiger partial charge in [0.05, 0.1) is 0 Å². The van der Waals surface area contributed by atoms with E-state index >= 15 is 0 Å². The highest BCUT2D eigenvalue weighted by Gasteiger charge is 2.04. The first-order valence-corrected chi connectivity index (χ1v) is 5.53. The minimum Gasteiger partial charge on any atom is -0.454 e. The van der Waals surface area contributed by atoms with E-state index in [-0.39, 0.29) is 0 Å². The zero-order chi connectivity index (χ0) is 10.8. The van der Waals surface area contributed by atoms with Crippen LogP contribution in [-0.2, 0) is 6.42 Å². The fourth-order valence-corrected chi connectivity index (χ4v) is 1.86. The summed E-state index contributed by atoms with van der Waals surface area (Å²) in [5.74, 6) is 0.916. The molecule has 2 N–H and O–H groups in total. The predicted octanol–water partition coefficient (Wildman–Crippen LogP) is 3.52. The summed E-state index contributed by atoms with van der Waals surface area (Å²) in [4.78, 5) is 0. The zero-order valence-corrected chi connectivity index (χ0v) is 10.0. The van der Waals surface area contributed by atoms with E-state index in [4.69, 9.17) is 10.2 Å². The molecule has 0 spiro atoms. The van der Waals surface area contributed by atoms with Crippen LogP contribution in [0, 0.1) is 6.92 Å². The smallest absolute Gasteiger partial charge is 0.169 e. The number of aryl methyl sites for hydroxylation is 1. The van der Waals surface area contributed by atoms with E-state index in [1.807, 2.05) is 24.3 Å². The largest absolute Gasteiger partial charge is 0.454 e. The van der Waals surface area contributed by atoms with Crippen LogP contribution in [0.2, 0.25) is 0 Å². The third-order valence-electron chi connectivity index (χ3n) is 2.29. The van der Waals surface area contributed by atoms with Crippen LogP contribution in [0.4, 0.5) is 5.69 Å². The maximum atomic E-state index is 5.89. The summed E-state index contributed by atoms with van der Waals surface area (Å²) in [6.07, 6.45) is 0.735. The lowest BCUT2D eigenvalue weighted by molar-refractivity contribution is 0.498. The van der Waals surface area contributed by atoms with Crippen molar-refractivity contribution in [2.24, 2.45) is 0 Å². The molecule has 0 bridgehead atoms. The van der Waals surface area contributed by atoms with Gasteiger partial charge in [0.25, 0.3) is 0 Å². The van der Waals surface area contributed by atoms with Crippen molar-refractivity contribution in [1.82, 2.24) is 0 Å². The maximum Gasteiger partial charge on any atom is 0.169 e. The Hall–Kier alpha value is -1.22. The number of rotatable bonds is 2. The molecule has 78 valence electrons. The maximum absolute atomic E-state index is 5.89. The second-order valence-corrected chi connectivity index (χ2v) is 4.37. The van der Waals surface area contributed by atoms with Crippen LogP contribution in [0.5, 0.6) is 0 Å². The molecule has 0 unspecified atom stereocenters. The van der Waals surface area contributed by atoms with E-state index in [2.05, 4.69) is 28.9 Å². The minimum atomic E-state index is 0.735. The molecule has 0 saturated carbocycles. The Morgan fingerprint density at radius 1 is 1.27 bits per heavy atom. The number of hydrogen-bond donors (Lipinski definition) is 1. The van der Waals surface area contributed by atoms with E-state index in [0.717, 1.165) is 28.1 Å². The number of hydrogen-bond acceptors (Lipinski definition) is 2. The molecule has 1 heterocycles. The topological polar surface area (TPSA) is 39.2 Å². The molecule has 0 aliphatic carbocycles. The molecular weight excluding hydrogens is 254 g/mol. The summed E-state index contributed by atoms with van der Waals surface area (Å²) >= 11 is 3.28. The first-order chi connectivity index (χ1) is 7.15. The molecule has 0 aliphatic heterocycles. The number of nitrogens with two attached hydrogens (primary N) is 1. The number of nitrogen functional groups attached to an aromatic ring is 1. The molecule has 0 aliphatic rings. The lowest BCUT2D eigenvalue weighted by Gasteiger charge is -2.04. The van der Waals surface area contributed by atoms with Gasteiger partial charge in [0.1, 0.15) is 5.76 Å². The molecule has 3 heteroatoms. The molecule has 0 atom stereocenters. The monoisotopic (exact) mass is 265 g/mol. The van der Waals surface area contributed by atoms with E-state index in [1.165, 1.54) is 5.56 Å². The van der Waals surface area contributed by atoms with Crippen LogP contribution < -0.4 is 5.73 Å². The van der Waals surface area contributed by atoms with Crippen molar-refractivity contribution >= 4 is 21.6 Å². The number of anilines is 1. The van der Waals surface area contributed by atoms with Gasteiger partial charge in [-0.05, 0) is 46.6 Å². The summed E-state index contributed by atoms with van der Waals surface area (Å²) in [5.41, 5.74) is 9.02. The molecule has 0 radical (unpaired) electrons. The van der Waals surface area contributed by atoms with Gasteiger partial charge in [0, 0.05) is 12.1 Å². The number of halogens is 1. The normalized spacial score (nSPS) is 10.5. The van der Waals surface area contributed by atoms with E-state index in [9.17, 15) is 0 Å². The predicted molar refractivity (Wildman–Crippen MR) is 64.8 cm³/mol. The molecule has 2 aromatic rings. The Labute approximate surface area is 97.2 Å². The van der Waals surface area contributed by atoms with Crippen LogP contribution in [0.3, 0.4) is 0 Å². The average molecular weight is 266 g/mol. The Bertz CT molecular complexity index is 476. The van der Waals surface area contributed by atoms with Crippen molar-refractivity contribution in [2.75, 3.05) is 5.73 Å². The summed E-state index contributed by atoms with van der Waals surface area (Å²) < 4.78 is 6.20. The van der Waals surface area contributed by atoms with Crippen molar-refractivity contribution in [3.63, 3.8) is 0 Å². The highest BCUT2D eigenvalue weighted by Crippen LogP contribution is 2.21. The third kappa shape index (κ3) is 2.42. The molecule has 0 saturated heterocycles. The van der Waals surface area contributed by atoms with Crippen molar-refractivity contribution in [3.8, 4) is 0 Å². The summed E-state index contributed by atoms with van der Waals surface area (Å²) in [6.45, 7) is 2.06. The van der Waals surface area contributed by atoms with Gasteiger partial charge in [-0.25, -0.2) is 0 Å². The lowest BCUT2D eigenvalue weighted by atomic mass is 10.1. The van der Waals surface area contributed by atoms with Gasteiger partial charge >= 0.3 is 0 Å². The summed E-state index contributed by atoms with van der Waals surface area (Å²) in [6, 6.07) is 9.87. The fourth-order valence-electron chi connectivity index (χ4n) is 1.52. The van der Waals surface area contributed by atoms with Crippen LogP contribution >= 0.6 is 15.9 Å². The summed E-state index contributed by atoms with van der Waals surface area (Å²) in [7, 11) is 0. The number of furan rings is 1. The van der Waals surface area contributed by atoms with E-state index in [0.29, 0.717) is 0 Å². The Balaban J connectivity index is 2.27. The van der Waals surface area contributed by atoms with Crippen LogP contribution in [0.1, 0.15) is 16.9 Å². The molecule has 0 fully saturated rings. The second kappa shape index (κ2) is 4.11. The van der Waals surface area contributed by atoms with Crippen molar-refractivity contribution in [2.45, 2.75) is 13.3 Å². The molecule has 15 heavy (non-hydrogen) atoms. The van der Waals surface area contributed by atoms with E-state index in [1.54, 1.807) is 0 Å². The van der Waals surface area contributed by atoms with Crippen LogP contribution in [-0.4, -0.2) is 0 Å². The van der Waals surface area contributed by atoms with Gasteiger partial charge in [-0.1, -0.05) is 17.7 Å². The highest BCUT2D eigenvalue weighted by atomic mass is 79.9. The Kier molecular flexibility index (Phi) is 2.82. The number of benzene rings is 1. The molecule has 2 rings (SSSR count). The van der Waals surface area contributed by atoms with Crippen molar-refractivity contribution in [3.05, 3.63) is 51.9 Å². The average Bonchev–Trinajstić information content (AvgIpc) is 2.58. The van der Waals surface area contributed by atoms with Crippen molar-refractivity contribution in [1.29, 1.82) is 0 Å².